The van der Waals surface area contributed by atoms with Crippen molar-refractivity contribution in [2.24, 2.45) is 0 Å². The summed E-state index contributed by atoms with van der Waals surface area (Å²) in [4.78, 5) is 11.5. The molecule has 2 aromatic rings. The lowest BCUT2D eigenvalue weighted by atomic mass is 10.2. The molecule has 0 bridgehead atoms. The molecule has 1 amide bonds. The SMILES string of the molecule is O=C(NC1CC1)c1ccc(NS(=O)(=O)c2cccc(OC(F)(F)F)c2)cc1. The number of amides is 1. The van der Waals surface area contributed by atoms with Crippen LogP contribution in [-0.4, -0.2) is 26.7 Å². The normalized spacial score (nSPS) is 14.5. The summed E-state index contributed by atoms with van der Waals surface area (Å²) in [6.07, 6.45) is -3.03. The summed E-state index contributed by atoms with van der Waals surface area (Å²) in [6, 6.07) is 9.96. The van der Waals surface area contributed by atoms with Crippen LogP contribution in [0.2, 0.25) is 0 Å². The molecule has 0 aromatic heterocycles. The zero-order valence-electron chi connectivity index (χ0n) is 13.8. The number of anilines is 1. The molecule has 0 aliphatic heterocycles. The molecular formula is C17H15F3N2O4S. The van der Waals surface area contributed by atoms with Gasteiger partial charge >= 0.3 is 6.36 Å². The summed E-state index contributed by atoms with van der Waals surface area (Å²) in [5, 5.41) is 2.81. The van der Waals surface area contributed by atoms with Gasteiger partial charge in [0.05, 0.1) is 4.90 Å². The first-order chi connectivity index (χ1) is 12.6. The number of carbonyl (C=O) groups is 1. The van der Waals surface area contributed by atoms with Gasteiger partial charge in [0, 0.05) is 23.4 Å². The highest BCUT2D eigenvalue weighted by Crippen LogP contribution is 2.26. The van der Waals surface area contributed by atoms with Crippen molar-refractivity contribution >= 4 is 21.6 Å². The van der Waals surface area contributed by atoms with E-state index in [0.717, 1.165) is 37.1 Å². The molecule has 1 fully saturated rings. The smallest absolute Gasteiger partial charge is 0.406 e. The van der Waals surface area contributed by atoms with E-state index in [1.165, 1.54) is 24.3 Å². The zero-order valence-corrected chi connectivity index (χ0v) is 14.6. The average Bonchev–Trinajstić information content (AvgIpc) is 3.38. The number of ether oxygens (including phenoxy) is 1. The van der Waals surface area contributed by atoms with Crippen LogP contribution in [0, 0.1) is 0 Å². The van der Waals surface area contributed by atoms with Crippen LogP contribution in [0.25, 0.3) is 0 Å². The maximum Gasteiger partial charge on any atom is 0.573 e. The average molecular weight is 400 g/mol. The molecule has 1 aliphatic carbocycles. The zero-order chi connectivity index (χ0) is 19.7. The molecule has 0 radical (unpaired) electrons. The molecule has 6 nitrogen and oxygen atoms in total. The third-order valence-electron chi connectivity index (χ3n) is 3.66. The van der Waals surface area contributed by atoms with E-state index >= 15 is 0 Å². The maximum atomic E-state index is 12.4. The lowest BCUT2D eigenvalue weighted by molar-refractivity contribution is -0.274. The van der Waals surface area contributed by atoms with Gasteiger partial charge in [0.15, 0.2) is 0 Å². The van der Waals surface area contributed by atoms with E-state index < -0.39 is 22.1 Å². The van der Waals surface area contributed by atoms with E-state index in [2.05, 4.69) is 14.8 Å². The fourth-order valence-electron chi connectivity index (χ4n) is 2.24. The van der Waals surface area contributed by atoms with E-state index in [9.17, 15) is 26.4 Å². The van der Waals surface area contributed by atoms with Crippen LogP contribution in [0.3, 0.4) is 0 Å². The summed E-state index contributed by atoms with van der Waals surface area (Å²) in [6.45, 7) is 0. The number of benzene rings is 2. The van der Waals surface area contributed by atoms with E-state index in [1.54, 1.807) is 0 Å². The summed E-state index contributed by atoms with van der Waals surface area (Å²) in [7, 11) is -4.13. The first-order valence-corrected chi connectivity index (χ1v) is 9.40. The van der Waals surface area contributed by atoms with E-state index in [4.69, 9.17) is 0 Å². The van der Waals surface area contributed by atoms with Crippen molar-refractivity contribution < 1.29 is 31.1 Å². The number of hydrogen-bond acceptors (Lipinski definition) is 4. The Bertz CT molecular complexity index is 939. The van der Waals surface area contributed by atoms with E-state index in [0.29, 0.717) is 5.56 Å². The monoisotopic (exact) mass is 400 g/mol. The molecule has 144 valence electrons. The van der Waals surface area contributed by atoms with Crippen LogP contribution in [0.5, 0.6) is 5.75 Å². The van der Waals surface area contributed by atoms with Crippen LogP contribution in [-0.2, 0) is 10.0 Å². The molecule has 0 heterocycles. The minimum absolute atomic E-state index is 0.167. The van der Waals surface area contributed by atoms with E-state index in [-0.39, 0.29) is 22.5 Å². The van der Waals surface area contributed by atoms with Crippen molar-refractivity contribution in [3.8, 4) is 5.75 Å². The predicted octanol–water partition coefficient (Wildman–Crippen LogP) is 3.28. The largest absolute Gasteiger partial charge is 0.573 e. The quantitative estimate of drug-likeness (QED) is 0.780. The summed E-state index contributed by atoms with van der Waals surface area (Å²) in [5.74, 6) is -0.888. The Kier molecular flexibility index (Phi) is 5.01. The third-order valence-corrected chi connectivity index (χ3v) is 5.04. The van der Waals surface area contributed by atoms with Crippen molar-refractivity contribution in [1.82, 2.24) is 5.32 Å². The molecule has 0 spiro atoms. The highest BCUT2D eigenvalue weighted by atomic mass is 32.2. The molecule has 2 aromatic carbocycles. The molecule has 0 unspecified atom stereocenters. The van der Waals surface area contributed by atoms with Crippen molar-refractivity contribution in [3.63, 3.8) is 0 Å². The Balaban J connectivity index is 1.72. The lowest BCUT2D eigenvalue weighted by Gasteiger charge is -2.12. The molecule has 10 heteroatoms. The summed E-state index contributed by atoms with van der Waals surface area (Å²) >= 11 is 0. The van der Waals surface area contributed by atoms with Gasteiger partial charge in [-0.05, 0) is 49.2 Å². The molecule has 27 heavy (non-hydrogen) atoms. The van der Waals surface area contributed by atoms with E-state index in [1.807, 2.05) is 0 Å². The summed E-state index contributed by atoms with van der Waals surface area (Å²) in [5.41, 5.74) is 0.547. The number of carbonyl (C=O) groups excluding carboxylic acids is 1. The molecule has 2 N–H and O–H groups in total. The Morgan fingerprint density at radius 3 is 2.33 bits per heavy atom. The highest BCUT2D eigenvalue weighted by Gasteiger charge is 2.31. The second-order valence-electron chi connectivity index (χ2n) is 5.95. The fourth-order valence-corrected chi connectivity index (χ4v) is 3.33. The molecule has 3 rings (SSSR count). The van der Waals surface area contributed by atoms with Crippen LogP contribution < -0.4 is 14.8 Å². The number of halogens is 3. The minimum Gasteiger partial charge on any atom is -0.406 e. The number of hydrogen-bond donors (Lipinski definition) is 2. The first kappa shape index (κ1) is 19.0. The Hall–Kier alpha value is -2.75. The predicted molar refractivity (Wildman–Crippen MR) is 90.9 cm³/mol. The standard InChI is InChI=1S/C17H15F3N2O4S/c18-17(19,20)26-14-2-1-3-15(10-14)27(24,25)22-13-6-4-11(5-7-13)16(23)21-12-8-9-12/h1-7,10,12,22H,8-9H2,(H,21,23). The maximum absolute atomic E-state index is 12.4. The minimum atomic E-state index is -4.92. The molecule has 1 aliphatic rings. The van der Waals surface area contributed by atoms with Crippen LogP contribution >= 0.6 is 0 Å². The van der Waals surface area contributed by atoms with Gasteiger partial charge in [-0.25, -0.2) is 8.42 Å². The second-order valence-corrected chi connectivity index (χ2v) is 7.64. The van der Waals surface area contributed by atoms with Crippen LogP contribution in [0.15, 0.2) is 53.4 Å². The Morgan fingerprint density at radius 2 is 1.74 bits per heavy atom. The van der Waals surface area contributed by atoms with Crippen molar-refractivity contribution in [1.29, 1.82) is 0 Å². The van der Waals surface area contributed by atoms with Crippen molar-refractivity contribution in [2.45, 2.75) is 30.1 Å². The van der Waals surface area contributed by atoms with Gasteiger partial charge < -0.3 is 10.1 Å². The van der Waals surface area contributed by atoms with Gasteiger partial charge in [-0.3, -0.25) is 9.52 Å². The van der Waals surface area contributed by atoms with Gasteiger partial charge in [-0.15, -0.1) is 13.2 Å². The van der Waals surface area contributed by atoms with Crippen LogP contribution in [0.1, 0.15) is 23.2 Å². The summed E-state index contributed by atoms with van der Waals surface area (Å²) < 4.78 is 67.6. The number of nitrogens with one attached hydrogen (secondary N) is 2. The number of rotatable bonds is 6. The van der Waals surface area contributed by atoms with Crippen molar-refractivity contribution in [3.05, 3.63) is 54.1 Å². The van der Waals surface area contributed by atoms with Gasteiger partial charge in [0.1, 0.15) is 5.75 Å². The fraction of sp³-hybridized carbons (Fsp3) is 0.235. The molecule has 1 saturated carbocycles. The number of sulfonamides is 1. The van der Waals surface area contributed by atoms with Gasteiger partial charge in [-0.1, -0.05) is 6.07 Å². The topological polar surface area (TPSA) is 84.5 Å². The molecule has 0 atom stereocenters. The molecular weight excluding hydrogens is 385 g/mol. The van der Waals surface area contributed by atoms with Crippen LogP contribution in [0.4, 0.5) is 18.9 Å². The Morgan fingerprint density at radius 1 is 1.07 bits per heavy atom. The first-order valence-electron chi connectivity index (χ1n) is 7.92. The van der Waals surface area contributed by atoms with Gasteiger partial charge in [0.2, 0.25) is 0 Å². The lowest BCUT2D eigenvalue weighted by Crippen LogP contribution is -2.25. The number of alkyl halides is 3. The Labute approximate surface area is 153 Å². The second kappa shape index (κ2) is 7.10. The van der Waals surface area contributed by atoms with Gasteiger partial charge in [0.25, 0.3) is 15.9 Å². The van der Waals surface area contributed by atoms with Gasteiger partial charge in [-0.2, -0.15) is 0 Å². The third kappa shape index (κ3) is 5.36. The molecule has 0 saturated heterocycles. The highest BCUT2D eigenvalue weighted by molar-refractivity contribution is 7.92. The van der Waals surface area contributed by atoms with Crippen molar-refractivity contribution in [2.75, 3.05) is 4.72 Å².